The minimum Gasteiger partial charge on any atom is -0.385 e. The Hall–Kier alpha value is -2.03. The Morgan fingerprint density at radius 3 is 2.79 bits per heavy atom. The summed E-state index contributed by atoms with van der Waals surface area (Å²) in [6.07, 6.45) is 2.27. The van der Waals surface area contributed by atoms with Gasteiger partial charge in [0.25, 0.3) is 0 Å². The summed E-state index contributed by atoms with van der Waals surface area (Å²) in [6.45, 7) is 1.05. The molecule has 0 radical (unpaired) electrons. The summed E-state index contributed by atoms with van der Waals surface area (Å²) >= 11 is 0. The largest absolute Gasteiger partial charge is 0.385 e. The number of nitrogens with zero attached hydrogens (tertiary/aromatic N) is 1. The molecule has 1 N–H and O–H groups in total. The van der Waals surface area contributed by atoms with Crippen molar-refractivity contribution in [2.24, 2.45) is 0 Å². The quantitative estimate of drug-likeness (QED) is 0.875. The molecule has 19 heavy (non-hydrogen) atoms. The number of fused-ring (bicyclic) bond motifs is 1. The van der Waals surface area contributed by atoms with Crippen LogP contribution >= 0.6 is 0 Å². The van der Waals surface area contributed by atoms with E-state index in [1.165, 1.54) is 23.7 Å². The monoisotopic (exact) mass is 256 g/mol. The zero-order chi connectivity index (χ0) is 13.2. The van der Waals surface area contributed by atoms with Crippen molar-refractivity contribution in [2.45, 2.75) is 12.8 Å². The van der Waals surface area contributed by atoms with Crippen molar-refractivity contribution in [2.75, 3.05) is 23.8 Å². The van der Waals surface area contributed by atoms with E-state index in [1.807, 2.05) is 18.0 Å². The van der Waals surface area contributed by atoms with Crippen LogP contribution in [0.2, 0.25) is 0 Å². The van der Waals surface area contributed by atoms with Crippen LogP contribution in [-0.4, -0.2) is 13.6 Å². The van der Waals surface area contributed by atoms with E-state index in [0.717, 1.165) is 24.3 Å². The Labute approximate surface area is 112 Å². The molecular formula is C16H17FN2. The molecular weight excluding hydrogens is 239 g/mol. The zero-order valence-corrected chi connectivity index (χ0v) is 11.0. The fraction of sp³-hybridized carbons (Fsp3) is 0.250. The van der Waals surface area contributed by atoms with Gasteiger partial charge in [0.15, 0.2) is 0 Å². The molecule has 0 fully saturated rings. The van der Waals surface area contributed by atoms with E-state index in [4.69, 9.17) is 0 Å². The Morgan fingerprint density at radius 1 is 1.11 bits per heavy atom. The molecule has 1 heterocycles. The van der Waals surface area contributed by atoms with E-state index in [1.54, 1.807) is 12.1 Å². The molecule has 3 heteroatoms. The second-order valence-corrected chi connectivity index (χ2v) is 4.91. The standard InChI is InChI=1S/C16H17FN2/c1-19(14-6-2-5-13(17)11-14)15-7-8-16-12(10-15)4-3-9-18-16/h2,5-8,10-11,18H,3-4,9H2,1H3. The summed E-state index contributed by atoms with van der Waals surface area (Å²) in [6, 6.07) is 13.0. The van der Waals surface area contributed by atoms with Gasteiger partial charge >= 0.3 is 0 Å². The minimum atomic E-state index is -0.205. The van der Waals surface area contributed by atoms with E-state index in [0.29, 0.717) is 0 Å². The van der Waals surface area contributed by atoms with Gasteiger partial charge in [-0.15, -0.1) is 0 Å². The van der Waals surface area contributed by atoms with Gasteiger partial charge < -0.3 is 10.2 Å². The van der Waals surface area contributed by atoms with Crippen LogP contribution in [0, 0.1) is 5.82 Å². The number of nitrogens with one attached hydrogen (secondary N) is 1. The highest BCUT2D eigenvalue weighted by atomic mass is 19.1. The summed E-state index contributed by atoms with van der Waals surface area (Å²) in [5.41, 5.74) is 4.52. The topological polar surface area (TPSA) is 15.3 Å². The second-order valence-electron chi connectivity index (χ2n) is 4.91. The number of aryl methyl sites for hydroxylation is 1. The Morgan fingerprint density at radius 2 is 1.95 bits per heavy atom. The fourth-order valence-electron chi connectivity index (χ4n) is 2.50. The number of rotatable bonds is 2. The highest BCUT2D eigenvalue weighted by Gasteiger charge is 2.11. The number of anilines is 3. The number of hydrogen-bond acceptors (Lipinski definition) is 2. The van der Waals surface area contributed by atoms with Crippen molar-refractivity contribution in [1.29, 1.82) is 0 Å². The summed E-state index contributed by atoms with van der Waals surface area (Å²) in [7, 11) is 1.97. The molecule has 0 saturated carbocycles. The number of hydrogen-bond donors (Lipinski definition) is 1. The molecule has 2 aromatic carbocycles. The van der Waals surface area contributed by atoms with Crippen LogP contribution in [0.1, 0.15) is 12.0 Å². The lowest BCUT2D eigenvalue weighted by molar-refractivity contribution is 0.628. The van der Waals surface area contributed by atoms with E-state index in [2.05, 4.69) is 23.5 Å². The van der Waals surface area contributed by atoms with Gasteiger partial charge in [-0.05, 0) is 54.8 Å². The molecule has 98 valence electrons. The highest BCUT2D eigenvalue weighted by Crippen LogP contribution is 2.30. The first kappa shape index (κ1) is 12.0. The predicted molar refractivity (Wildman–Crippen MR) is 77.7 cm³/mol. The molecule has 1 aliphatic rings. The summed E-state index contributed by atoms with van der Waals surface area (Å²) < 4.78 is 13.3. The van der Waals surface area contributed by atoms with Crippen LogP contribution in [0.4, 0.5) is 21.5 Å². The Bertz CT molecular complexity index is 595. The maximum Gasteiger partial charge on any atom is 0.125 e. The summed E-state index contributed by atoms with van der Waals surface area (Å²) in [5.74, 6) is -0.205. The van der Waals surface area contributed by atoms with Gasteiger partial charge in [0.2, 0.25) is 0 Å². The molecule has 0 aliphatic carbocycles. The first-order chi connectivity index (χ1) is 9.24. The van der Waals surface area contributed by atoms with Gasteiger partial charge in [-0.1, -0.05) is 6.07 Å². The number of halogens is 1. The summed E-state index contributed by atoms with van der Waals surface area (Å²) in [4.78, 5) is 2.01. The van der Waals surface area contributed by atoms with Crippen molar-refractivity contribution < 1.29 is 4.39 Å². The predicted octanol–water partition coefficient (Wildman–Crippen LogP) is 3.95. The average molecular weight is 256 g/mol. The lowest BCUT2D eigenvalue weighted by atomic mass is 10.0. The molecule has 0 aromatic heterocycles. The molecule has 0 bridgehead atoms. The van der Waals surface area contributed by atoms with Gasteiger partial charge in [0, 0.05) is 30.7 Å². The van der Waals surface area contributed by atoms with Gasteiger partial charge in [-0.25, -0.2) is 4.39 Å². The molecule has 0 atom stereocenters. The highest BCUT2D eigenvalue weighted by molar-refractivity contribution is 5.67. The molecule has 2 nitrogen and oxygen atoms in total. The lowest BCUT2D eigenvalue weighted by Gasteiger charge is -2.23. The minimum absolute atomic E-state index is 0.205. The maximum atomic E-state index is 13.3. The normalized spacial score (nSPS) is 13.6. The Balaban J connectivity index is 1.93. The zero-order valence-electron chi connectivity index (χ0n) is 11.0. The lowest BCUT2D eigenvalue weighted by Crippen LogP contribution is -2.14. The van der Waals surface area contributed by atoms with E-state index < -0.39 is 0 Å². The van der Waals surface area contributed by atoms with Crippen molar-refractivity contribution in [3.63, 3.8) is 0 Å². The van der Waals surface area contributed by atoms with E-state index in [-0.39, 0.29) is 5.82 Å². The number of benzene rings is 2. The average Bonchev–Trinajstić information content (AvgIpc) is 2.46. The van der Waals surface area contributed by atoms with E-state index in [9.17, 15) is 4.39 Å². The van der Waals surface area contributed by atoms with Crippen molar-refractivity contribution in [1.82, 2.24) is 0 Å². The van der Waals surface area contributed by atoms with Crippen molar-refractivity contribution in [3.05, 3.63) is 53.8 Å². The van der Waals surface area contributed by atoms with Crippen molar-refractivity contribution in [3.8, 4) is 0 Å². The van der Waals surface area contributed by atoms with Crippen molar-refractivity contribution >= 4 is 17.1 Å². The molecule has 1 aliphatic heterocycles. The summed E-state index contributed by atoms with van der Waals surface area (Å²) in [5, 5.41) is 3.40. The second kappa shape index (κ2) is 4.92. The molecule has 2 aromatic rings. The van der Waals surface area contributed by atoms with Gasteiger partial charge in [-0.3, -0.25) is 0 Å². The van der Waals surface area contributed by atoms with Crippen LogP contribution in [0.25, 0.3) is 0 Å². The molecule has 0 unspecified atom stereocenters. The van der Waals surface area contributed by atoms with Gasteiger partial charge in [0.05, 0.1) is 0 Å². The fourth-order valence-corrected chi connectivity index (χ4v) is 2.50. The van der Waals surface area contributed by atoms with Crippen LogP contribution in [0.15, 0.2) is 42.5 Å². The molecule has 0 amide bonds. The van der Waals surface area contributed by atoms with Crippen LogP contribution < -0.4 is 10.2 Å². The van der Waals surface area contributed by atoms with Crippen LogP contribution in [0.5, 0.6) is 0 Å². The SMILES string of the molecule is CN(c1cccc(F)c1)c1ccc2c(c1)CCCN2. The van der Waals surface area contributed by atoms with Gasteiger partial charge in [0.1, 0.15) is 5.82 Å². The molecule has 0 saturated heterocycles. The van der Waals surface area contributed by atoms with Gasteiger partial charge in [-0.2, -0.15) is 0 Å². The third kappa shape index (κ3) is 2.41. The molecule has 0 spiro atoms. The smallest absolute Gasteiger partial charge is 0.125 e. The van der Waals surface area contributed by atoms with E-state index >= 15 is 0 Å². The first-order valence-electron chi connectivity index (χ1n) is 6.60. The van der Waals surface area contributed by atoms with Crippen LogP contribution in [0.3, 0.4) is 0 Å². The molecule has 3 rings (SSSR count). The van der Waals surface area contributed by atoms with Crippen LogP contribution in [-0.2, 0) is 6.42 Å². The third-order valence-electron chi connectivity index (χ3n) is 3.61. The Kier molecular flexibility index (Phi) is 3.11. The first-order valence-corrected chi connectivity index (χ1v) is 6.60. The third-order valence-corrected chi connectivity index (χ3v) is 3.61. The maximum absolute atomic E-state index is 13.3.